The van der Waals surface area contributed by atoms with E-state index in [9.17, 15) is 8.42 Å². The second kappa shape index (κ2) is 3.27. The minimum absolute atomic E-state index is 0.194. The summed E-state index contributed by atoms with van der Waals surface area (Å²) >= 11 is 1.15. The molecule has 1 aliphatic heterocycles. The smallest absolute Gasteiger partial charge is 0.254 e. The summed E-state index contributed by atoms with van der Waals surface area (Å²) < 4.78 is 25.0. The molecule has 0 saturated carbocycles. The Labute approximate surface area is 86.1 Å². The van der Waals surface area contributed by atoms with E-state index in [1.165, 1.54) is 10.5 Å². The molecule has 1 saturated heterocycles. The lowest BCUT2D eigenvalue weighted by Crippen LogP contribution is -2.53. The van der Waals surface area contributed by atoms with Gasteiger partial charge in [0.15, 0.2) is 4.21 Å². The molecule has 1 fully saturated rings. The van der Waals surface area contributed by atoms with Crippen molar-refractivity contribution in [3.63, 3.8) is 0 Å². The van der Waals surface area contributed by atoms with Gasteiger partial charge in [-0.2, -0.15) is 4.31 Å². The Morgan fingerprint density at radius 1 is 1.64 bits per heavy atom. The zero-order valence-corrected chi connectivity index (χ0v) is 9.18. The number of aryl methyl sites for hydroxylation is 1. The highest BCUT2D eigenvalue weighted by Crippen LogP contribution is 2.25. The zero-order chi connectivity index (χ0) is 10.3. The molecule has 0 unspecified atom stereocenters. The van der Waals surface area contributed by atoms with Crippen molar-refractivity contribution in [1.29, 1.82) is 0 Å². The van der Waals surface area contributed by atoms with Crippen LogP contribution in [0.5, 0.6) is 0 Å². The first kappa shape index (κ1) is 10.0. The first-order valence-electron chi connectivity index (χ1n) is 4.11. The van der Waals surface area contributed by atoms with E-state index in [4.69, 9.17) is 5.11 Å². The number of β-amino-alcohol motifs (C(OH)–C–C–N with tert-alkyl or cyclic N) is 1. The van der Waals surface area contributed by atoms with Crippen molar-refractivity contribution in [2.45, 2.75) is 17.2 Å². The maximum absolute atomic E-state index is 11.8. The van der Waals surface area contributed by atoms with Crippen molar-refractivity contribution >= 4 is 21.4 Å². The molecule has 0 bridgehead atoms. The maximum Gasteiger partial charge on any atom is 0.254 e. The summed E-state index contributed by atoms with van der Waals surface area (Å²) in [4.78, 5) is 3.89. The molecule has 2 heterocycles. The van der Waals surface area contributed by atoms with Gasteiger partial charge < -0.3 is 5.11 Å². The standard InChI is InChI=1S/C7H10N2O3S2/c1-5-8-2-7(13-5)14(11,12)9-3-6(10)4-9/h2,6,10H,3-4H2,1H3. The third-order valence-electron chi connectivity index (χ3n) is 2.02. The van der Waals surface area contributed by atoms with Gasteiger partial charge in [-0.25, -0.2) is 13.4 Å². The van der Waals surface area contributed by atoms with E-state index >= 15 is 0 Å². The summed E-state index contributed by atoms with van der Waals surface area (Å²) in [7, 11) is -3.38. The van der Waals surface area contributed by atoms with Crippen LogP contribution in [0.4, 0.5) is 0 Å². The molecule has 1 aromatic rings. The lowest BCUT2D eigenvalue weighted by atomic mass is 10.2. The van der Waals surface area contributed by atoms with Gasteiger partial charge in [-0.05, 0) is 6.92 Å². The highest BCUT2D eigenvalue weighted by molar-refractivity contribution is 7.91. The molecule has 0 spiro atoms. The topological polar surface area (TPSA) is 70.5 Å². The monoisotopic (exact) mass is 234 g/mol. The molecule has 0 radical (unpaired) electrons. The molecule has 1 aromatic heterocycles. The molecule has 14 heavy (non-hydrogen) atoms. The fourth-order valence-electron chi connectivity index (χ4n) is 1.20. The Morgan fingerprint density at radius 2 is 2.29 bits per heavy atom. The van der Waals surface area contributed by atoms with Crippen LogP contribution in [-0.2, 0) is 10.0 Å². The fraction of sp³-hybridized carbons (Fsp3) is 0.571. The second-order valence-electron chi connectivity index (χ2n) is 3.17. The van der Waals surface area contributed by atoms with Gasteiger partial charge in [0.05, 0.1) is 17.3 Å². The molecule has 0 atom stereocenters. The van der Waals surface area contributed by atoms with E-state index in [2.05, 4.69) is 4.98 Å². The predicted molar refractivity (Wildman–Crippen MR) is 51.6 cm³/mol. The molecule has 78 valence electrons. The number of nitrogens with zero attached hydrogens (tertiary/aromatic N) is 2. The normalized spacial score (nSPS) is 19.6. The van der Waals surface area contributed by atoms with Gasteiger partial charge in [-0.1, -0.05) is 0 Å². The van der Waals surface area contributed by atoms with Crippen LogP contribution >= 0.6 is 11.3 Å². The molecule has 5 nitrogen and oxygen atoms in total. The molecule has 2 rings (SSSR count). The van der Waals surface area contributed by atoms with Crippen molar-refractivity contribution in [2.24, 2.45) is 0 Å². The van der Waals surface area contributed by atoms with Gasteiger partial charge >= 0.3 is 0 Å². The minimum Gasteiger partial charge on any atom is -0.390 e. The van der Waals surface area contributed by atoms with E-state index in [1.54, 1.807) is 6.92 Å². The number of sulfonamides is 1. The van der Waals surface area contributed by atoms with Crippen LogP contribution in [0.25, 0.3) is 0 Å². The molecular weight excluding hydrogens is 224 g/mol. The Kier molecular flexibility index (Phi) is 2.34. The summed E-state index contributed by atoms with van der Waals surface area (Å²) in [5.41, 5.74) is 0. The molecule has 0 aromatic carbocycles. The largest absolute Gasteiger partial charge is 0.390 e. The molecule has 0 aliphatic carbocycles. The summed E-state index contributed by atoms with van der Waals surface area (Å²) in [6.07, 6.45) is 0.846. The fourth-order valence-corrected chi connectivity index (χ4v) is 3.98. The molecule has 0 amide bonds. The Hall–Kier alpha value is -0.500. The van der Waals surface area contributed by atoms with Crippen LogP contribution in [0.15, 0.2) is 10.4 Å². The Morgan fingerprint density at radius 3 is 2.71 bits per heavy atom. The number of aliphatic hydroxyl groups excluding tert-OH is 1. The summed E-state index contributed by atoms with van der Waals surface area (Å²) in [6.45, 7) is 2.15. The van der Waals surface area contributed by atoms with E-state index in [-0.39, 0.29) is 17.3 Å². The van der Waals surface area contributed by atoms with E-state index < -0.39 is 16.1 Å². The quantitative estimate of drug-likeness (QED) is 0.770. The van der Waals surface area contributed by atoms with Gasteiger partial charge in [0.2, 0.25) is 0 Å². The van der Waals surface area contributed by atoms with Crippen molar-refractivity contribution in [3.05, 3.63) is 11.2 Å². The number of rotatable bonds is 2. The number of thiazole rings is 1. The van der Waals surface area contributed by atoms with E-state index in [0.29, 0.717) is 0 Å². The first-order valence-corrected chi connectivity index (χ1v) is 6.36. The van der Waals surface area contributed by atoms with Crippen molar-refractivity contribution in [3.8, 4) is 0 Å². The summed E-state index contributed by atoms with van der Waals surface area (Å²) in [5, 5.41) is 9.74. The highest BCUT2D eigenvalue weighted by Gasteiger charge is 2.36. The molecular formula is C7H10N2O3S2. The van der Waals surface area contributed by atoms with Gasteiger partial charge in [-0.3, -0.25) is 0 Å². The van der Waals surface area contributed by atoms with Crippen molar-refractivity contribution in [2.75, 3.05) is 13.1 Å². The Balaban J connectivity index is 2.25. The van der Waals surface area contributed by atoms with Crippen LogP contribution in [0.1, 0.15) is 5.01 Å². The summed E-state index contributed by atoms with van der Waals surface area (Å²) in [6, 6.07) is 0. The van der Waals surface area contributed by atoms with Crippen molar-refractivity contribution in [1.82, 2.24) is 9.29 Å². The number of aliphatic hydroxyl groups is 1. The van der Waals surface area contributed by atoms with Crippen LogP contribution in [0.3, 0.4) is 0 Å². The lowest BCUT2D eigenvalue weighted by molar-refractivity contribution is 0.0549. The van der Waals surface area contributed by atoms with E-state index in [1.807, 2.05) is 0 Å². The lowest BCUT2D eigenvalue weighted by Gasteiger charge is -2.33. The average molecular weight is 234 g/mol. The van der Waals surface area contributed by atoms with Gasteiger partial charge in [0.25, 0.3) is 10.0 Å². The molecule has 7 heteroatoms. The Bertz CT molecular complexity index is 434. The van der Waals surface area contributed by atoms with Gasteiger partial charge in [0.1, 0.15) is 0 Å². The SMILES string of the molecule is Cc1ncc(S(=O)(=O)N2CC(O)C2)s1. The third-order valence-corrected chi connectivity index (χ3v) is 5.20. The van der Waals surface area contributed by atoms with Crippen LogP contribution in [-0.4, -0.2) is 42.0 Å². The van der Waals surface area contributed by atoms with E-state index in [0.717, 1.165) is 16.3 Å². The summed E-state index contributed by atoms with van der Waals surface area (Å²) in [5.74, 6) is 0. The molecule has 1 N–H and O–H groups in total. The average Bonchev–Trinajstić information content (AvgIpc) is 2.46. The number of aromatic nitrogens is 1. The zero-order valence-electron chi connectivity index (χ0n) is 7.54. The number of hydrogen-bond donors (Lipinski definition) is 1. The first-order chi connectivity index (χ1) is 6.50. The van der Waals surface area contributed by atoms with Crippen LogP contribution in [0, 0.1) is 6.92 Å². The van der Waals surface area contributed by atoms with Gasteiger partial charge in [-0.15, -0.1) is 11.3 Å². The van der Waals surface area contributed by atoms with Crippen LogP contribution < -0.4 is 0 Å². The molecule has 1 aliphatic rings. The maximum atomic E-state index is 11.8. The second-order valence-corrected chi connectivity index (χ2v) is 6.57. The van der Waals surface area contributed by atoms with Crippen molar-refractivity contribution < 1.29 is 13.5 Å². The number of hydrogen-bond acceptors (Lipinski definition) is 5. The predicted octanol–water partition coefficient (Wildman–Crippen LogP) is -0.183. The third kappa shape index (κ3) is 1.56. The van der Waals surface area contributed by atoms with Crippen LogP contribution in [0.2, 0.25) is 0 Å². The van der Waals surface area contributed by atoms with Gasteiger partial charge in [0, 0.05) is 13.1 Å². The minimum atomic E-state index is -3.38. The highest BCUT2D eigenvalue weighted by atomic mass is 32.2.